The average molecular weight is 265 g/mol. The van der Waals surface area contributed by atoms with Crippen LogP contribution in [0.2, 0.25) is 0 Å². The lowest BCUT2D eigenvalue weighted by Gasteiger charge is -2.11. The van der Waals surface area contributed by atoms with E-state index in [-0.39, 0.29) is 0 Å². The molecule has 5 nitrogen and oxygen atoms in total. The van der Waals surface area contributed by atoms with Crippen molar-refractivity contribution in [1.29, 1.82) is 0 Å². The van der Waals surface area contributed by atoms with Gasteiger partial charge < -0.3 is 4.90 Å². The molecule has 0 amide bonds. The highest BCUT2D eigenvalue weighted by atomic mass is 15.2. The molecule has 0 radical (unpaired) electrons. The molecule has 5 heteroatoms. The lowest BCUT2D eigenvalue weighted by atomic mass is 10.2. The van der Waals surface area contributed by atoms with Crippen molar-refractivity contribution in [3.05, 3.63) is 48.5 Å². The molecule has 0 fully saturated rings. The minimum atomic E-state index is 0.609. The number of fused-ring (bicyclic) bond motifs is 1. The summed E-state index contributed by atoms with van der Waals surface area (Å²) in [5.74, 6) is 0.609. The van der Waals surface area contributed by atoms with Crippen molar-refractivity contribution < 1.29 is 0 Å². The van der Waals surface area contributed by atoms with Gasteiger partial charge in [-0.25, -0.2) is 0 Å². The van der Waals surface area contributed by atoms with E-state index in [0.29, 0.717) is 5.82 Å². The van der Waals surface area contributed by atoms with Crippen LogP contribution in [0.4, 0.5) is 17.2 Å². The zero-order valence-corrected chi connectivity index (χ0v) is 11.4. The lowest BCUT2D eigenvalue weighted by Crippen LogP contribution is -2.07. The number of aromatic nitrogens is 2. The fourth-order valence-corrected chi connectivity index (χ4v) is 1.95. The second-order valence-electron chi connectivity index (χ2n) is 4.70. The highest BCUT2D eigenvalue weighted by molar-refractivity contribution is 5.87. The number of H-pyrrole nitrogens is 1. The zero-order chi connectivity index (χ0) is 13.9. The van der Waals surface area contributed by atoms with Crippen LogP contribution in [0.25, 0.3) is 10.9 Å². The molecular formula is C15H15N5. The lowest BCUT2D eigenvalue weighted by molar-refractivity contribution is 1.07. The zero-order valence-electron chi connectivity index (χ0n) is 11.4. The SMILES string of the molecule is CN(C)c1ccc(N=Nc2n[nH]c3ccccc23)cc1. The summed E-state index contributed by atoms with van der Waals surface area (Å²) in [4.78, 5) is 2.04. The molecular weight excluding hydrogens is 250 g/mol. The number of aromatic amines is 1. The Kier molecular flexibility index (Phi) is 3.16. The second-order valence-corrected chi connectivity index (χ2v) is 4.70. The van der Waals surface area contributed by atoms with E-state index in [1.807, 2.05) is 67.5 Å². The number of hydrogen-bond acceptors (Lipinski definition) is 4. The van der Waals surface area contributed by atoms with Crippen LogP contribution in [0.5, 0.6) is 0 Å². The standard InChI is InChI=1S/C15H15N5/c1-20(2)12-9-7-11(8-10-12)16-18-15-13-5-3-4-6-14(13)17-19-15/h3-10H,1-2H3,(H,17,19). The van der Waals surface area contributed by atoms with E-state index in [1.165, 1.54) is 0 Å². The third-order valence-electron chi connectivity index (χ3n) is 3.08. The Hall–Kier alpha value is -2.69. The molecule has 0 saturated heterocycles. The van der Waals surface area contributed by atoms with Crippen molar-refractivity contribution in [3.8, 4) is 0 Å². The van der Waals surface area contributed by atoms with Crippen LogP contribution < -0.4 is 4.90 Å². The number of nitrogens with zero attached hydrogens (tertiary/aromatic N) is 4. The highest BCUT2D eigenvalue weighted by Crippen LogP contribution is 2.25. The van der Waals surface area contributed by atoms with E-state index in [4.69, 9.17) is 0 Å². The number of azo groups is 1. The molecule has 1 N–H and O–H groups in total. The van der Waals surface area contributed by atoms with Crippen molar-refractivity contribution in [3.63, 3.8) is 0 Å². The summed E-state index contributed by atoms with van der Waals surface area (Å²) < 4.78 is 0. The van der Waals surface area contributed by atoms with Gasteiger partial charge in [0.25, 0.3) is 0 Å². The van der Waals surface area contributed by atoms with Crippen LogP contribution in [0, 0.1) is 0 Å². The van der Waals surface area contributed by atoms with Crippen molar-refractivity contribution in [1.82, 2.24) is 10.2 Å². The van der Waals surface area contributed by atoms with Crippen molar-refractivity contribution in [2.24, 2.45) is 10.2 Å². The number of anilines is 1. The Morgan fingerprint density at radius 3 is 2.45 bits per heavy atom. The molecule has 0 atom stereocenters. The van der Waals surface area contributed by atoms with Crippen LogP contribution in [0.15, 0.2) is 58.8 Å². The van der Waals surface area contributed by atoms with E-state index in [9.17, 15) is 0 Å². The number of nitrogens with one attached hydrogen (secondary N) is 1. The fraction of sp³-hybridized carbons (Fsp3) is 0.133. The molecule has 0 aliphatic carbocycles. The molecule has 3 aromatic rings. The van der Waals surface area contributed by atoms with Gasteiger partial charge in [-0.2, -0.15) is 5.10 Å². The molecule has 0 aliphatic rings. The molecule has 0 saturated carbocycles. The summed E-state index contributed by atoms with van der Waals surface area (Å²) in [6.07, 6.45) is 0. The number of para-hydroxylation sites is 1. The minimum absolute atomic E-state index is 0.609. The van der Waals surface area contributed by atoms with Gasteiger partial charge in [0, 0.05) is 25.2 Å². The van der Waals surface area contributed by atoms with Gasteiger partial charge in [-0.3, -0.25) is 5.10 Å². The van der Waals surface area contributed by atoms with Crippen LogP contribution in [-0.4, -0.2) is 24.3 Å². The van der Waals surface area contributed by atoms with Crippen LogP contribution in [0.3, 0.4) is 0 Å². The molecule has 0 bridgehead atoms. The minimum Gasteiger partial charge on any atom is -0.378 e. The summed E-state index contributed by atoms with van der Waals surface area (Å²) in [6, 6.07) is 15.8. The molecule has 1 heterocycles. The van der Waals surface area contributed by atoms with Gasteiger partial charge in [0.15, 0.2) is 0 Å². The van der Waals surface area contributed by atoms with Gasteiger partial charge in [0.1, 0.15) is 0 Å². The van der Waals surface area contributed by atoms with Gasteiger partial charge in [0.05, 0.1) is 11.2 Å². The Balaban J connectivity index is 1.86. The fourth-order valence-electron chi connectivity index (χ4n) is 1.95. The first kappa shape index (κ1) is 12.3. The monoisotopic (exact) mass is 265 g/mol. The summed E-state index contributed by atoms with van der Waals surface area (Å²) in [6.45, 7) is 0. The molecule has 3 rings (SSSR count). The first-order valence-corrected chi connectivity index (χ1v) is 6.36. The molecule has 0 unspecified atom stereocenters. The maximum absolute atomic E-state index is 4.22. The first-order valence-electron chi connectivity index (χ1n) is 6.36. The Morgan fingerprint density at radius 1 is 0.950 bits per heavy atom. The summed E-state index contributed by atoms with van der Waals surface area (Å²) >= 11 is 0. The van der Waals surface area contributed by atoms with Crippen molar-refractivity contribution in [2.45, 2.75) is 0 Å². The van der Waals surface area contributed by atoms with Gasteiger partial charge in [0.2, 0.25) is 5.82 Å². The predicted octanol–water partition coefficient (Wildman–Crippen LogP) is 4.04. The number of hydrogen-bond donors (Lipinski definition) is 1. The van der Waals surface area contributed by atoms with E-state index >= 15 is 0 Å². The van der Waals surface area contributed by atoms with Gasteiger partial charge in [-0.15, -0.1) is 10.2 Å². The molecule has 100 valence electrons. The maximum Gasteiger partial charge on any atom is 0.203 e. The normalized spacial score (nSPS) is 11.3. The van der Waals surface area contributed by atoms with E-state index in [1.54, 1.807) is 0 Å². The highest BCUT2D eigenvalue weighted by Gasteiger charge is 2.02. The Labute approximate surface area is 117 Å². The van der Waals surface area contributed by atoms with E-state index in [2.05, 4.69) is 20.4 Å². The van der Waals surface area contributed by atoms with Gasteiger partial charge in [-0.1, -0.05) is 12.1 Å². The second kappa shape index (κ2) is 5.13. The number of benzene rings is 2. The summed E-state index contributed by atoms with van der Waals surface area (Å²) in [5, 5.41) is 16.5. The van der Waals surface area contributed by atoms with Crippen LogP contribution in [-0.2, 0) is 0 Å². The smallest absolute Gasteiger partial charge is 0.203 e. The van der Waals surface area contributed by atoms with E-state index in [0.717, 1.165) is 22.3 Å². The van der Waals surface area contributed by atoms with Crippen molar-refractivity contribution >= 4 is 28.1 Å². The Bertz CT molecular complexity index is 740. The third-order valence-corrected chi connectivity index (χ3v) is 3.08. The molecule has 0 aliphatic heterocycles. The third kappa shape index (κ3) is 2.38. The predicted molar refractivity (Wildman–Crippen MR) is 81.0 cm³/mol. The first-order chi connectivity index (χ1) is 9.74. The average Bonchev–Trinajstić information content (AvgIpc) is 2.89. The van der Waals surface area contributed by atoms with Gasteiger partial charge >= 0.3 is 0 Å². The largest absolute Gasteiger partial charge is 0.378 e. The molecule has 20 heavy (non-hydrogen) atoms. The van der Waals surface area contributed by atoms with Gasteiger partial charge in [-0.05, 0) is 36.4 Å². The molecule has 1 aromatic heterocycles. The van der Waals surface area contributed by atoms with E-state index < -0.39 is 0 Å². The van der Waals surface area contributed by atoms with Crippen molar-refractivity contribution in [2.75, 3.05) is 19.0 Å². The topological polar surface area (TPSA) is 56.6 Å². The maximum atomic E-state index is 4.22. The summed E-state index contributed by atoms with van der Waals surface area (Å²) in [7, 11) is 4.01. The van der Waals surface area contributed by atoms with Crippen LogP contribution >= 0.6 is 0 Å². The number of rotatable bonds is 3. The summed E-state index contributed by atoms with van der Waals surface area (Å²) in [5.41, 5.74) is 2.90. The van der Waals surface area contributed by atoms with Crippen LogP contribution in [0.1, 0.15) is 0 Å². The quantitative estimate of drug-likeness (QED) is 0.726. The Morgan fingerprint density at radius 2 is 1.70 bits per heavy atom. The molecule has 0 spiro atoms. The molecule has 2 aromatic carbocycles.